The predicted octanol–water partition coefficient (Wildman–Crippen LogP) is 5.18. The largest absolute Gasteiger partial charge is 0.435 e. The van der Waals surface area contributed by atoms with Gasteiger partial charge in [0.1, 0.15) is 5.82 Å². The highest BCUT2D eigenvalue weighted by molar-refractivity contribution is 7.18. The molecule has 0 atom stereocenters. The second-order valence-corrected chi connectivity index (χ2v) is 7.33. The summed E-state index contributed by atoms with van der Waals surface area (Å²) in [5.41, 5.74) is 5.21. The highest BCUT2D eigenvalue weighted by atomic mass is 32.1. The monoisotopic (exact) mass is 412 g/mol. The van der Waals surface area contributed by atoms with Crippen LogP contribution in [0, 0.1) is 5.82 Å². The van der Waals surface area contributed by atoms with Crippen LogP contribution in [0.15, 0.2) is 36.4 Å². The Labute approximate surface area is 161 Å². The van der Waals surface area contributed by atoms with E-state index in [-0.39, 0.29) is 32.9 Å². The summed E-state index contributed by atoms with van der Waals surface area (Å²) in [6.45, 7) is 3.37. The van der Waals surface area contributed by atoms with Gasteiger partial charge in [0.15, 0.2) is 5.69 Å². The summed E-state index contributed by atoms with van der Waals surface area (Å²) in [5, 5.41) is 6.05. The fraction of sp³-hybridized carbons (Fsp3) is 0.222. The van der Waals surface area contributed by atoms with Gasteiger partial charge >= 0.3 is 6.18 Å². The lowest BCUT2D eigenvalue weighted by atomic mass is 10.2. The van der Waals surface area contributed by atoms with E-state index in [0.29, 0.717) is 0 Å². The minimum Gasteiger partial charge on any atom is -0.397 e. The van der Waals surface area contributed by atoms with Crippen molar-refractivity contribution >= 4 is 28.6 Å². The number of nitrogen functional groups attached to an aromatic ring is 1. The number of anilines is 2. The Bertz CT molecular complexity index is 1020. The van der Waals surface area contributed by atoms with E-state index < -0.39 is 23.6 Å². The second kappa shape index (κ2) is 7.27. The maximum Gasteiger partial charge on any atom is 0.435 e. The first-order valence-corrected chi connectivity index (χ1v) is 9.02. The fourth-order valence-electron chi connectivity index (χ4n) is 2.56. The molecule has 0 saturated heterocycles. The van der Waals surface area contributed by atoms with Crippen molar-refractivity contribution in [3.63, 3.8) is 0 Å². The number of carbonyl (C=O) groups is 1. The molecule has 0 saturated carbocycles. The zero-order chi connectivity index (χ0) is 20.6. The lowest BCUT2D eigenvalue weighted by Crippen LogP contribution is -2.11. The number of hydrogen-bond donors (Lipinski definition) is 2. The molecule has 3 N–H and O–H groups in total. The van der Waals surface area contributed by atoms with Gasteiger partial charge in [-0.2, -0.15) is 18.3 Å². The van der Waals surface area contributed by atoms with Gasteiger partial charge in [-0.15, -0.1) is 11.3 Å². The summed E-state index contributed by atoms with van der Waals surface area (Å²) in [7, 11) is 0. The van der Waals surface area contributed by atoms with Crippen LogP contribution >= 0.6 is 11.3 Å². The summed E-state index contributed by atoms with van der Waals surface area (Å²) in [4.78, 5) is 12.8. The van der Waals surface area contributed by atoms with Crippen molar-refractivity contribution in [3.05, 3.63) is 52.8 Å². The van der Waals surface area contributed by atoms with E-state index in [9.17, 15) is 22.4 Å². The molecule has 2 heterocycles. The number of nitrogens with zero attached hydrogens (tertiary/aromatic N) is 2. The molecule has 10 heteroatoms. The highest BCUT2D eigenvalue weighted by Gasteiger charge is 2.36. The van der Waals surface area contributed by atoms with E-state index in [1.54, 1.807) is 19.9 Å². The molecule has 3 rings (SSSR count). The van der Waals surface area contributed by atoms with Gasteiger partial charge in [-0.1, -0.05) is 12.1 Å². The number of nitrogens with one attached hydrogen (secondary N) is 1. The molecule has 0 aliphatic heterocycles. The number of alkyl halides is 3. The first-order valence-electron chi connectivity index (χ1n) is 8.20. The standard InChI is InChI=1S/C18H16F4N4OS/c1-9(2)26-13(8-15(25-26)18(20,21)22)16-11(23)7-14(28-16)17(27)24-12-6-4-3-5-10(12)19/h3-9H,23H2,1-2H3,(H,24,27). The van der Waals surface area contributed by atoms with Crippen LogP contribution in [0.3, 0.4) is 0 Å². The Hall–Kier alpha value is -2.88. The average molecular weight is 412 g/mol. The maximum atomic E-state index is 13.7. The van der Waals surface area contributed by atoms with Crippen LogP contribution in [-0.2, 0) is 6.18 Å². The zero-order valence-corrected chi connectivity index (χ0v) is 15.7. The van der Waals surface area contributed by atoms with Crippen LogP contribution in [0.25, 0.3) is 10.6 Å². The number of nitrogens with two attached hydrogens (primary N) is 1. The Morgan fingerprint density at radius 3 is 2.54 bits per heavy atom. The molecule has 28 heavy (non-hydrogen) atoms. The van der Waals surface area contributed by atoms with Crippen LogP contribution in [0.1, 0.15) is 35.3 Å². The van der Waals surface area contributed by atoms with Gasteiger partial charge in [0, 0.05) is 6.04 Å². The Kier molecular flexibility index (Phi) is 5.16. The topological polar surface area (TPSA) is 72.9 Å². The van der Waals surface area contributed by atoms with Crippen molar-refractivity contribution in [2.45, 2.75) is 26.1 Å². The molecular formula is C18H16F4N4OS. The molecule has 3 aromatic rings. The molecular weight excluding hydrogens is 396 g/mol. The van der Waals surface area contributed by atoms with Crippen molar-refractivity contribution in [3.8, 4) is 10.6 Å². The van der Waals surface area contributed by atoms with Crippen molar-refractivity contribution in [1.29, 1.82) is 0 Å². The lowest BCUT2D eigenvalue weighted by molar-refractivity contribution is -0.141. The summed E-state index contributed by atoms with van der Waals surface area (Å²) in [6, 6.07) is 7.54. The van der Waals surface area contributed by atoms with Gasteiger partial charge in [0.2, 0.25) is 0 Å². The summed E-state index contributed by atoms with van der Waals surface area (Å²) in [6.07, 6.45) is -4.61. The SMILES string of the molecule is CC(C)n1nc(C(F)(F)F)cc1-c1sc(C(=O)Nc2ccccc2F)cc1N. The highest BCUT2D eigenvalue weighted by Crippen LogP contribution is 2.39. The molecule has 0 spiro atoms. The molecule has 148 valence electrons. The van der Waals surface area contributed by atoms with Gasteiger partial charge < -0.3 is 11.1 Å². The van der Waals surface area contributed by atoms with E-state index in [1.165, 1.54) is 28.9 Å². The number of benzene rings is 1. The fourth-order valence-corrected chi connectivity index (χ4v) is 3.54. The molecule has 5 nitrogen and oxygen atoms in total. The normalized spacial score (nSPS) is 11.8. The number of aromatic nitrogens is 2. The molecule has 1 aromatic carbocycles. The van der Waals surface area contributed by atoms with Crippen molar-refractivity contribution < 1.29 is 22.4 Å². The first kappa shape index (κ1) is 19.9. The third-order valence-corrected chi connectivity index (χ3v) is 5.03. The zero-order valence-electron chi connectivity index (χ0n) is 14.8. The van der Waals surface area contributed by atoms with Crippen LogP contribution < -0.4 is 11.1 Å². The van der Waals surface area contributed by atoms with Gasteiger partial charge in [-0.25, -0.2) is 4.39 Å². The number of amides is 1. The summed E-state index contributed by atoms with van der Waals surface area (Å²) < 4.78 is 54.1. The molecule has 0 aliphatic carbocycles. The van der Waals surface area contributed by atoms with Gasteiger partial charge in [-0.3, -0.25) is 9.48 Å². The third-order valence-electron chi connectivity index (χ3n) is 3.85. The summed E-state index contributed by atoms with van der Waals surface area (Å²) in [5.74, 6) is -1.21. The third kappa shape index (κ3) is 3.86. The summed E-state index contributed by atoms with van der Waals surface area (Å²) >= 11 is 0.914. The van der Waals surface area contributed by atoms with E-state index in [2.05, 4.69) is 10.4 Å². The van der Waals surface area contributed by atoms with E-state index in [1.807, 2.05) is 0 Å². The van der Waals surface area contributed by atoms with Crippen LogP contribution in [0.5, 0.6) is 0 Å². The van der Waals surface area contributed by atoms with E-state index >= 15 is 0 Å². The van der Waals surface area contributed by atoms with Gasteiger partial charge in [0.05, 0.1) is 26.8 Å². The Balaban J connectivity index is 1.98. The van der Waals surface area contributed by atoms with Gasteiger partial charge in [0.25, 0.3) is 5.91 Å². The first-order chi connectivity index (χ1) is 13.1. The number of halogens is 4. The molecule has 0 aliphatic rings. The number of rotatable bonds is 4. The maximum absolute atomic E-state index is 13.7. The minimum atomic E-state index is -4.61. The Morgan fingerprint density at radius 2 is 1.93 bits per heavy atom. The average Bonchev–Trinajstić information content (AvgIpc) is 3.20. The molecule has 0 radical (unpaired) electrons. The molecule has 0 fully saturated rings. The smallest absolute Gasteiger partial charge is 0.397 e. The van der Waals surface area contributed by atoms with Crippen molar-refractivity contribution in [1.82, 2.24) is 9.78 Å². The molecule has 0 unspecified atom stereocenters. The van der Waals surface area contributed by atoms with Crippen LogP contribution in [0.4, 0.5) is 28.9 Å². The van der Waals surface area contributed by atoms with Crippen LogP contribution in [0.2, 0.25) is 0 Å². The molecule has 2 aromatic heterocycles. The number of thiophene rings is 1. The van der Waals surface area contributed by atoms with Gasteiger partial charge in [-0.05, 0) is 38.1 Å². The molecule has 1 amide bonds. The number of para-hydroxylation sites is 1. The van der Waals surface area contributed by atoms with Crippen molar-refractivity contribution in [2.24, 2.45) is 0 Å². The second-order valence-electron chi connectivity index (χ2n) is 6.28. The Morgan fingerprint density at radius 1 is 1.25 bits per heavy atom. The molecule has 0 bridgehead atoms. The van der Waals surface area contributed by atoms with E-state index in [0.717, 1.165) is 17.4 Å². The van der Waals surface area contributed by atoms with E-state index in [4.69, 9.17) is 5.73 Å². The minimum absolute atomic E-state index is 0.00685. The quantitative estimate of drug-likeness (QED) is 0.580. The lowest BCUT2D eigenvalue weighted by Gasteiger charge is -2.10. The van der Waals surface area contributed by atoms with Crippen molar-refractivity contribution in [2.75, 3.05) is 11.1 Å². The number of carbonyl (C=O) groups excluding carboxylic acids is 1. The van der Waals surface area contributed by atoms with Crippen LogP contribution in [-0.4, -0.2) is 15.7 Å². The number of hydrogen-bond acceptors (Lipinski definition) is 4. The predicted molar refractivity (Wildman–Crippen MR) is 99.7 cm³/mol.